The van der Waals surface area contributed by atoms with Gasteiger partial charge in [0.1, 0.15) is 0 Å². The van der Waals surface area contributed by atoms with Crippen LogP contribution in [0.2, 0.25) is 0 Å². The van der Waals surface area contributed by atoms with Crippen LogP contribution in [-0.4, -0.2) is 11.6 Å². The minimum absolute atomic E-state index is 0.169. The molecule has 4 nitrogen and oxygen atoms in total. The average Bonchev–Trinajstić information content (AvgIpc) is 2.53. The molecule has 2 heterocycles. The fourth-order valence-corrected chi connectivity index (χ4v) is 2.94. The molecule has 0 amide bonds. The molecule has 2 rings (SSSR count). The first-order chi connectivity index (χ1) is 7.47. The molecule has 0 aromatic carbocycles. The molecule has 5 heteroatoms. The standard InChI is InChI=1S/C11H15NO3S/c1-3-11(2)4-6-7(5-15-11)16-9(12)8(6)10(13)14/h3-5,12H2,1-2H3,(H,13,14)/p-1. The predicted molar refractivity (Wildman–Crippen MR) is 60.3 cm³/mol. The number of rotatable bonds is 2. The molecule has 2 N–H and O–H groups in total. The first kappa shape index (κ1) is 11.4. The summed E-state index contributed by atoms with van der Waals surface area (Å²) in [5.74, 6) is -1.18. The quantitative estimate of drug-likeness (QED) is 0.834. The van der Waals surface area contributed by atoms with Gasteiger partial charge in [-0.15, -0.1) is 11.3 Å². The molecule has 0 fully saturated rings. The van der Waals surface area contributed by atoms with Crippen LogP contribution in [-0.2, 0) is 17.8 Å². The van der Waals surface area contributed by atoms with Crippen LogP contribution < -0.4 is 10.8 Å². The summed E-state index contributed by atoms with van der Waals surface area (Å²) < 4.78 is 5.73. The highest BCUT2D eigenvalue weighted by atomic mass is 32.1. The van der Waals surface area contributed by atoms with E-state index in [1.165, 1.54) is 11.3 Å². The lowest BCUT2D eigenvalue weighted by molar-refractivity contribution is -0.255. The van der Waals surface area contributed by atoms with Crippen molar-refractivity contribution in [3.05, 3.63) is 16.0 Å². The Morgan fingerprint density at radius 2 is 2.38 bits per heavy atom. The molecule has 0 radical (unpaired) electrons. The summed E-state index contributed by atoms with van der Waals surface area (Å²) in [4.78, 5) is 11.9. The van der Waals surface area contributed by atoms with E-state index in [1.807, 2.05) is 13.8 Å². The van der Waals surface area contributed by atoms with Crippen molar-refractivity contribution in [3.8, 4) is 0 Å². The SMILES string of the molecule is CCC1(C)Cc2c(sc(N)c2C(=O)[O-])CO1. The first-order valence-electron chi connectivity index (χ1n) is 5.22. The highest BCUT2D eigenvalue weighted by Crippen LogP contribution is 2.39. The average molecular weight is 240 g/mol. The maximum Gasteiger partial charge on any atom is 0.0955 e. The number of hydrogen-bond donors (Lipinski definition) is 1. The van der Waals surface area contributed by atoms with E-state index in [2.05, 4.69) is 0 Å². The number of hydrogen-bond acceptors (Lipinski definition) is 5. The van der Waals surface area contributed by atoms with Gasteiger partial charge in [-0.2, -0.15) is 0 Å². The molecule has 1 aromatic rings. The molecular formula is C11H14NO3S-. The Labute approximate surface area is 98.0 Å². The zero-order valence-electron chi connectivity index (χ0n) is 9.33. The number of carboxylic acids is 1. The molecule has 88 valence electrons. The molecule has 1 unspecified atom stereocenters. The third kappa shape index (κ3) is 1.70. The van der Waals surface area contributed by atoms with Gasteiger partial charge in [0.25, 0.3) is 0 Å². The summed E-state index contributed by atoms with van der Waals surface area (Å²) in [7, 11) is 0. The van der Waals surface area contributed by atoms with Crippen molar-refractivity contribution in [3.63, 3.8) is 0 Å². The van der Waals surface area contributed by atoms with Crippen LogP contribution in [0.4, 0.5) is 5.00 Å². The van der Waals surface area contributed by atoms with E-state index in [4.69, 9.17) is 10.5 Å². The third-order valence-electron chi connectivity index (χ3n) is 3.17. The monoisotopic (exact) mass is 240 g/mol. The van der Waals surface area contributed by atoms with Gasteiger partial charge in [-0.05, 0) is 18.9 Å². The second-order valence-electron chi connectivity index (χ2n) is 4.30. The van der Waals surface area contributed by atoms with Gasteiger partial charge in [0.15, 0.2) is 0 Å². The van der Waals surface area contributed by atoms with E-state index in [-0.39, 0.29) is 11.2 Å². The molecule has 1 aromatic heterocycles. The maximum atomic E-state index is 11.0. The molecule has 0 spiro atoms. The highest BCUT2D eigenvalue weighted by Gasteiger charge is 2.33. The Hall–Kier alpha value is -1.07. The Bertz CT molecular complexity index is 441. The van der Waals surface area contributed by atoms with E-state index in [0.717, 1.165) is 16.9 Å². The molecule has 1 aliphatic rings. The second kappa shape index (κ2) is 3.75. The highest BCUT2D eigenvalue weighted by molar-refractivity contribution is 7.16. The van der Waals surface area contributed by atoms with Gasteiger partial charge in [0, 0.05) is 16.9 Å². The number of thiophene rings is 1. The molecule has 0 saturated heterocycles. The van der Waals surface area contributed by atoms with Gasteiger partial charge in [0.05, 0.1) is 23.2 Å². The number of fused-ring (bicyclic) bond motifs is 1. The summed E-state index contributed by atoms with van der Waals surface area (Å²) in [6, 6.07) is 0. The van der Waals surface area contributed by atoms with Crippen molar-refractivity contribution in [2.75, 3.05) is 5.73 Å². The van der Waals surface area contributed by atoms with Crippen LogP contribution in [0, 0.1) is 0 Å². The summed E-state index contributed by atoms with van der Waals surface area (Å²) in [5.41, 5.74) is 6.38. The maximum absolute atomic E-state index is 11.0. The minimum Gasteiger partial charge on any atom is -0.545 e. The zero-order valence-corrected chi connectivity index (χ0v) is 10.1. The summed E-state index contributed by atoms with van der Waals surface area (Å²) in [6.07, 6.45) is 1.44. The van der Waals surface area contributed by atoms with Crippen molar-refractivity contribution < 1.29 is 14.6 Å². The Morgan fingerprint density at radius 1 is 1.69 bits per heavy atom. The lowest BCUT2D eigenvalue weighted by Crippen LogP contribution is -2.35. The smallest absolute Gasteiger partial charge is 0.0955 e. The number of nitrogen functional groups attached to an aromatic ring is 1. The lowest BCUT2D eigenvalue weighted by Gasteiger charge is -2.33. The van der Waals surface area contributed by atoms with Crippen molar-refractivity contribution in [2.24, 2.45) is 0 Å². The number of nitrogens with two attached hydrogens (primary N) is 1. The Kier molecular flexibility index (Phi) is 2.67. The van der Waals surface area contributed by atoms with Crippen LogP contribution in [0.5, 0.6) is 0 Å². The van der Waals surface area contributed by atoms with E-state index in [1.54, 1.807) is 0 Å². The van der Waals surface area contributed by atoms with Crippen LogP contribution >= 0.6 is 11.3 Å². The topological polar surface area (TPSA) is 75.4 Å². The van der Waals surface area contributed by atoms with Gasteiger partial charge in [-0.25, -0.2) is 0 Å². The van der Waals surface area contributed by atoms with Gasteiger partial charge in [0.2, 0.25) is 0 Å². The van der Waals surface area contributed by atoms with Gasteiger partial charge in [-0.3, -0.25) is 0 Å². The summed E-state index contributed by atoms with van der Waals surface area (Å²) in [6.45, 7) is 4.46. The number of ether oxygens (including phenoxy) is 1. The van der Waals surface area contributed by atoms with Gasteiger partial charge < -0.3 is 20.4 Å². The molecule has 1 atom stereocenters. The van der Waals surface area contributed by atoms with Crippen LogP contribution in [0.15, 0.2) is 0 Å². The van der Waals surface area contributed by atoms with Crippen LogP contribution in [0.25, 0.3) is 0 Å². The van der Waals surface area contributed by atoms with Gasteiger partial charge >= 0.3 is 0 Å². The van der Waals surface area contributed by atoms with E-state index >= 15 is 0 Å². The second-order valence-corrected chi connectivity index (χ2v) is 5.44. The number of aromatic carboxylic acids is 1. The predicted octanol–water partition coefficient (Wildman–Crippen LogP) is 0.935. The normalized spacial score (nSPS) is 24.1. The third-order valence-corrected chi connectivity index (χ3v) is 4.21. The molecular weight excluding hydrogens is 226 g/mol. The Balaban J connectivity index is 2.47. The summed E-state index contributed by atoms with van der Waals surface area (Å²) >= 11 is 1.29. The number of carboxylic acid groups (broad SMARTS) is 1. The van der Waals surface area contributed by atoms with E-state index in [0.29, 0.717) is 18.0 Å². The fraction of sp³-hybridized carbons (Fsp3) is 0.545. The van der Waals surface area contributed by atoms with Crippen molar-refractivity contribution in [2.45, 2.75) is 38.9 Å². The van der Waals surface area contributed by atoms with Crippen LogP contribution in [0.1, 0.15) is 41.1 Å². The number of anilines is 1. The molecule has 0 bridgehead atoms. The molecule has 1 aliphatic heterocycles. The first-order valence-corrected chi connectivity index (χ1v) is 6.04. The van der Waals surface area contributed by atoms with Crippen molar-refractivity contribution >= 4 is 22.3 Å². The zero-order chi connectivity index (χ0) is 11.9. The van der Waals surface area contributed by atoms with Crippen molar-refractivity contribution in [1.29, 1.82) is 0 Å². The van der Waals surface area contributed by atoms with Crippen molar-refractivity contribution in [1.82, 2.24) is 0 Å². The Morgan fingerprint density at radius 3 is 2.94 bits per heavy atom. The molecule has 16 heavy (non-hydrogen) atoms. The fourth-order valence-electron chi connectivity index (χ4n) is 1.95. The van der Waals surface area contributed by atoms with E-state index < -0.39 is 5.97 Å². The summed E-state index contributed by atoms with van der Waals surface area (Å²) in [5, 5.41) is 11.4. The van der Waals surface area contributed by atoms with E-state index in [9.17, 15) is 9.90 Å². The largest absolute Gasteiger partial charge is 0.545 e. The molecule has 0 saturated carbocycles. The van der Waals surface area contributed by atoms with Crippen LogP contribution in [0.3, 0.4) is 0 Å². The molecule has 0 aliphatic carbocycles. The number of carbonyl (C=O) groups excluding carboxylic acids is 1. The lowest BCUT2D eigenvalue weighted by atomic mass is 9.89. The number of carbonyl (C=O) groups is 1. The minimum atomic E-state index is -1.18. The van der Waals surface area contributed by atoms with Gasteiger partial charge in [-0.1, -0.05) is 6.92 Å².